The molecule has 19 heavy (non-hydrogen) atoms. The minimum absolute atomic E-state index is 0.0550. The van der Waals surface area contributed by atoms with Gasteiger partial charge in [-0.2, -0.15) is 0 Å². The average Bonchev–Trinajstić information content (AvgIpc) is 2.41. The SMILES string of the molecule is CCc1nc(-c2cccc(C(F)F)c2)nc(N)c1Br. The highest BCUT2D eigenvalue weighted by molar-refractivity contribution is 9.10. The molecule has 3 nitrogen and oxygen atoms in total. The third-order valence-corrected chi connectivity index (χ3v) is 3.54. The number of nitrogens with two attached hydrogens (primary N) is 1. The Hall–Kier alpha value is -1.56. The van der Waals surface area contributed by atoms with E-state index in [0.717, 1.165) is 5.69 Å². The molecule has 6 heteroatoms. The number of halogens is 3. The Kier molecular flexibility index (Phi) is 4.09. The zero-order valence-corrected chi connectivity index (χ0v) is 11.8. The van der Waals surface area contributed by atoms with Crippen LogP contribution >= 0.6 is 15.9 Å². The van der Waals surface area contributed by atoms with Crippen molar-refractivity contribution in [3.63, 3.8) is 0 Å². The standard InChI is InChI=1S/C13H12BrF2N3/c1-2-9-10(14)12(17)19-13(18-9)8-5-3-4-7(6-8)11(15)16/h3-6,11H,2H2,1H3,(H2,17,18,19). The van der Waals surface area contributed by atoms with E-state index in [2.05, 4.69) is 25.9 Å². The third kappa shape index (κ3) is 2.89. The summed E-state index contributed by atoms with van der Waals surface area (Å²) in [5, 5.41) is 0. The summed E-state index contributed by atoms with van der Waals surface area (Å²) in [6, 6.07) is 6.00. The molecule has 2 aromatic rings. The van der Waals surface area contributed by atoms with Crippen molar-refractivity contribution in [2.24, 2.45) is 0 Å². The van der Waals surface area contributed by atoms with Crippen molar-refractivity contribution in [3.8, 4) is 11.4 Å². The molecule has 0 unspecified atom stereocenters. The van der Waals surface area contributed by atoms with Gasteiger partial charge >= 0.3 is 0 Å². The monoisotopic (exact) mass is 327 g/mol. The Balaban J connectivity index is 2.53. The summed E-state index contributed by atoms with van der Waals surface area (Å²) in [7, 11) is 0. The zero-order chi connectivity index (χ0) is 14.0. The van der Waals surface area contributed by atoms with Crippen molar-refractivity contribution >= 4 is 21.7 Å². The van der Waals surface area contributed by atoms with Crippen molar-refractivity contribution in [2.75, 3.05) is 5.73 Å². The predicted molar refractivity (Wildman–Crippen MR) is 73.9 cm³/mol. The summed E-state index contributed by atoms with van der Waals surface area (Å²) in [4.78, 5) is 8.47. The van der Waals surface area contributed by atoms with Gasteiger partial charge in [-0.3, -0.25) is 0 Å². The molecule has 0 spiro atoms. The highest BCUT2D eigenvalue weighted by Crippen LogP contribution is 2.27. The van der Waals surface area contributed by atoms with Crippen LogP contribution in [0.1, 0.15) is 24.6 Å². The van der Waals surface area contributed by atoms with E-state index in [9.17, 15) is 8.78 Å². The van der Waals surface area contributed by atoms with E-state index in [4.69, 9.17) is 5.73 Å². The summed E-state index contributed by atoms with van der Waals surface area (Å²) < 4.78 is 26.0. The lowest BCUT2D eigenvalue weighted by Gasteiger charge is -2.08. The van der Waals surface area contributed by atoms with Gasteiger partial charge in [-0.25, -0.2) is 18.7 Å². The number of rotatable bonds is 3. The van der Waals surface area contributed by atoms with E-state index in [0.29, 0.717) is 28.1 Å². The molecule has 2 rings (SSSR count). The molecular weight excluding hydrogens is 316 g/mol. The van der Waals surface area contributed by atoms with Gasteiger partial charge in [0.15, 0.2) is 5.82 Å². The predicted octanol–water partition coefficient (Wildman–Crippen LogP) is 3.99. The number of benzene rings is 1. The summed E-state index contributed by atoms with van der Waals surface area (Å²) in [6.45, 7) is 1.94. The second-order valence-electron chi connectivity index (χ2n) is 3.97. The Morgan fingerprint density at radius 1 is 1.32 bits per heavy atom. The van der Waals surface area contributed by atoms with Gasteiger partial charge in [0.2, 0.25) is 0 Å². The van der Waals surface area contributed by atoms with Crippen LogP contribution in [0.5, 0.6) is 0 Å². The first kappa shape index (κ1) is 13.9. The molecular formula is C13H12BrF2N3. The maximum atomic E-state index is 12.7. The van der Waals surface area contributed by atoms with Crippen molar-refractivity contribution in [2.45, 2.75) is 19.8 Å². The molecule has 1 heterocycles. The molecule has 0 atom stereocenters. The fraction of sp³-hybridized carbons (Fsp3) is 0.231. The lowest BCUT2D eigenvalue weighted by molar-refractivity contribution is 0.151. The van der Waals surface area contributed by atoms with Gasteiger partial charge in [0.25, 0.3) is 6.43 Å². The first-order chi connectivity index (χ1) is 9.02. The Morgan fingerprint density at radius 2 is 2.05 bits per heavy atom. The summed E-state index contributed by atoms with van der Waals surface area (Å²) >= 11 is 3.31. The van der Waals surface area contributed by atoms with E-state index in [1.54, 1.807) is 12.1 Å². The Morgan fingerprint density at radius 3 is 2.68 bits per heavy atom. The van der Waals surface area contributed by atoms with Crippen LogP contribution in [0.3, 0.4) is 0 Å². The molecule has 0 saturated heterocycles. The lowest BCUT2D eigenvalue weighted by atomic mass is 10.1. The fourth-order valence-corrected chi connectivity index (χ4v) is 2.15. The van der Waals surface area contributed by atoms with Crippen LogP contribution in [0.4, 0.5) is 14.6 Å². The zero-order valence-electron chi connectivity index (χ0n) is 10.2. The molecule has 0 bridgehead atoms. The Bertz CT molecular complexity index is 602. The second kappa shape index (κ2) is 5.61. The number of nitrogens with zero attached hydrogens (tertiary/aromatic N) is 2. The molecule has 100 valence electrons. The van der Waals surface area contributed by atoms with Gasteiger partial charge in [0.05, 0.1) is 10.2 Å². The van der Waals surface area contributed by atoms with Gasteiger partial charge < -0.3 is 5.73 Å². The molecule has 1 aromatic carbocycles. The number of hydrogen-bond donors (Lipinski definition) is 1. The van der Waals surface area contributed by atoms with E-state index in [-0.39, 0.29) is 5.56 Å². The molecule has 0 amide bonds. The topological polar surface area (TPSA) is 51.8 Å². The van der Waals surface area contributed by atoms with Crippen molar-refractivity contribution in [1.29, 1.82) is 0 Å². The first-order valence-electron chi connectivity index (χ1n) is 5.73. The van der Waals surface area contributed by atoms with Crippen molar-refractivity contribution < 1.29 is 8.78 Å². The third-order valence-electron chi connectivity index (χ3n) is 2.68. The fourth-order valence-electron chi connectivity index (χ4n) is 1.69. The molecule has 0 radical (unpaired) electrons. The van der Waals surface area contributed by atoms with Crippen molar-refractivity contribution in [3.05, 3.63) is 40.0 Å². The van der Waals surface area contributed by atoms with Gasteiger partial charge in [-0.15, -0.1) is 0 Å². The number of hydrogen-bond acceptors (Lipinski definition) is 3. The number of alkyl halides is 2. The summed E-state index contributed by atoms with van der Waals surface area (Å²) in [5.74, 6) is 0.671. The summed E-state index contributed by atoms with van der Waals surface area (Å²) in [6.07, 6.45) is -1.84. The molecule has 1 aromatic heterocycles. The number of nitrogen functional groups attached to an aromatic ring is 1. The van der Waals surface area contributed by atoms with Crippen LogP contribution in [-0.2, 0) is 6.42 Å². The van der Waals surface area contributed by atoms with E-state index < -0.39 is 6.43 Å². The van der Waals surface area contributed by atoms with Crippen molar-refractivity contribution in [1.82, 2.24) is 9.97 Å². The highest BCUT2D eigenvalue weighted by atomic mass is 79.9. The molecule has 0 aliphatic rings. The lowest BCUT2D eigenvalue weighted by Crippen LogP contribution is -2.02. The minimum Gasteiger partial charge on any atom is -0.383 e. The first-order valence-corrected chi connectivity index (χ1v) is 6.52. The van der Waals surface area contributed by atoms with Crippen LogP contribution in [0.25, 0.3) is 11.4 Å². The van der Waals surface area contributed by atoms with Crippen LogP contribution in [0.2, 0.25) is 0 Å². The smallest absolute Gasteiger partial charge is 0.263 e. The number of aryl methyl sites for hydroxylation is 1. The average molecular weight is 328 g/mol. The van der Waals surface area contributed by atoms with Crippen LogP contribution < -0.4 is 5.73 Å². The van der Waals surface area contributed by atoms with Gasteiger partial charge in [0.1, 0.15) is 5.82 Å². The second-order valence-corrected chi connectivity index (χ2v) is 4.77. The quantitative estimate of drug-likeness (QED) is 0.927. The van der Waals surface area contributed by atoms with E-state index >= 15 is 0 Å². The molecule has 2 N–H and O–H groups in total. The maximum Gasteiger partial charge on any atom is 0.263 e. The normalized spacial score (nSPS) is 11.0. The molecule has 0 fully saturated rings. The number of anilines is 1. The Labute approximate surface area is 118 Å². The maximum absolute atomic E-state index is 12.7. The van der Waals surface area contributed by atoms with Gasteiger partial charge in [-0.1, -0.05) is 25.1 Å². The molecule has 0 aliphatic heterocycles. The van der Waals surface area contributed by atoms with Crippen LogP contribution in [0.15, 0.2) is 28.7 Å². The molecule has 0 saturated carbocycles. The van der Waals surface area contributed by atoms with Gasteiger partial charge in [-0.05, 0) is 28.4 Å². The molecule has 0 aliphatic carbocycles. The minimum atomic E-state index is -2.52. The largest absolute Gasteiger partial charge is 0.383 e. The highest BCUT2D eigenvalue weighted by Gasteiger charge is 2.12. The van der Waals surface area contributed by atoms with Crippen LogP contribution in [-0.4, -0.2) is 9.97 Å². The summed E-state index contributed by atoms with van der Waals surface area (Å²) in [5.41, 5.74) is 7.02. The van der Waals surface area contributed by atoms with Crippen LogP contribution in [0, 0.1) is 0 Å². The van der Waals surface area contributed by atoms with E-state index in [1.807, 2.05) is 6.92 Å². The number of aromatic nitrogens is 2. The van der Waals surface area contributed by atoms with Gasteiger partial charge in [0, 0.05) is 11.1 Å². The van der Waals surface area contributed by atoms with E-state index in [1.165, 1.54) is 12.1 Å².